The lowest BCUT2D eigenvalue weighted by Gasteiger charge is -2.34. The number of nitrogens with two attached hydrogens (primary N) is 1. The quantitative estimate of drug-likeness (QED) is 0.447. The number of rotatable bonds is 4. The number of hydrogen-bond donors (Lipinski definition) is 3. The van der Waals surface area contributed by atoms with E-state index >= 15 is 4.39 Å². The van der Waals surface area contributed by atoms with Crippen molar-refractivity contribution in [2.24, 2.45) is 5.73 Å². The van der Waals surface area contributed by atoms with E-state index in [1.54, 1.807) is 25.6 Å². The number of anilines is 2. The lowest BCUT2D eigenvalue weighted by atomic mass is 9.99. The molecule has 1 atom stereocenters. The number of benzene rings is 1. The van der Waals surface area contributed by atoms with Crippen LogP contribution in [0.25, 0.3) is 33.1 Å². The predicted molar refractivity (Wildman–Crippen MR) is 120 cm³/mol. The zero-order valence-corrected chi connectivity index (χ0v) is 17.7. The molecule has 4 N–H and O–H groups in total. The van der Waals surface area contributed by atoms with E-state index in [9.17, 15) is 4.39 Å². The minimum atomic E-state index is -0.928. The number of aromatic amines is 1. The van der Waals surface area contributed by atoms with E-state index in [0.717, 1.165) is 31.1 Å². The van der Waals surface area contributed by atoms with Gasteiger partial charge in [-0.25, -0.2) is 23.7 Å². The number of halogens is 2. The molecule has 4 heterocycles. The van der Waals surface area contributed by atoms with Crippen molar-refractivity contribution in [3.8, 4) is 17.1 Å². The summed E-state index contributed by atoms with van der Waals surface area (Å²) in [5, 5.41) is 3.60. The maximum atomic E-state index is 15.2. The van der Waals surface area contributed by atoms with Crippen LogP contribution in [0.2, 0.25) is 0 Å². The highest BCUT2D eigenvalue weighted by atomic mass is 19.2. The van der Waals surface area contributed by atoms with Crippen LogP contribution in [0.3, 0.4) is 0 Å². The van der Waals surface area contributed by atoms with Crippen molar-refractivity contribution < 1.29 is 13.5 Å². The monoisotopic (exact) mass is 439 g/mol. The largest absolute Gasteiger partial charge is 0.467 e. The summed E-state index contributed by atoms with van der Waals surface area (Å²) >= 11 is 0. The summed E-state index contributed by atoms with van der Waals surface area (Å²) in [6, 6.07) is 1.36. The molecule has 1 aliphatic rings. The molecule has 0 saturated carbocycles. The first-order chi connectivity index (χ1) is 15.5. The van der Waals surface area contributed by atoms with Gasteiger partial charge in [0.2, 0.25) is 0 Å². The zero-order chi connectivity index (χ0) is 22.4. The molecule has 166 valence electrons. The number of ether oxygens (including phenoxy) is 1. The number of hydrogen-bond acceptors (Lipinski definition) is 7. The van der Waals surface area contributed by atoms with Gasteiger partial charge in [-0.2, -0.15) is 0 Å². The maximum absolute atomic E-state index is 15.2. The molecule has 0 amide bonds. The fourth-order valence-corrected chi connectivity index (χ4v) is 4.45. The topological polar surface area (TPSA) is 105 Å². The van der Waals surface area contributed by atoms with Crippen molar-refractivity contribution in [1.29, 1.82) is 0 Å². The number of nitrogens with one attached hydrogen (secondary N) is 2. The van der Waals surface area contributed by atoms with Gasteiger partial charge in [-0.1, -0.05) is 0 Å². The Balaban J connectivity index is 1.86. The van der Waals surface area contributed by atoms with E-state index in [4.69, 9.17) is 10.5 Å². The molecule has 5 rings (SSSR count). The molecule has 0 radical (unpaired) electrons. The van der Waals surface area contributed by atoms with Gasteiger partial charge in [-0.05, 0) is 12.8 Å². The van der Waals surface area contributed by atoms with E-state index in [2.05, 4.69) is 30.2 Å². The molecule has 32 heavy (non-hydrogen) atoms. The molecule has 1 saturated heterocycles. The molecule has 1 aromatic carbocycles. The predicted octanol–water partition coefficient (Wildman–Crippen LogP) is 3.43. The first-order valence-corrected chi connectivity index (χ1v) is 10.4. The third-order valence-corrected chi connectivity index (χ3v) is 5.93. The van der Waals surface area contributed by atoms with Crippen molar-refractivity contribution in [2.75, 3.05) is 37.5 Å². The van der Waals surface area contributed by atoms with Gasteiger partial charge in [0, 0.05) is 62.0 Å². The summed E-state index contributed by atoms with van der Waals surface area (Å²) in [6.07, 6.45) is 6.77. The molecular formula is C22H23F2N7O. The van der Waals surface area contributed by atoms with Crippen LogP contribution in [-0.2, 0) is 0 Å². The molecule has 4 aromatic rings. The van der Waals surface area contributed by atoms with Gasteiger partial charge < -0.3 is 25.7 Å². The van der Waals surface area contributed by atoms with Gasteiger partial charge in [0.1, 0.15) is 5.65 Å². The van der Waals surface area contributed by atoms with Crippen molar-refractivity contribution >= 4 is 33.3 Å². The third kappa shape index (κ3) is 3.18. The minimum Gasteiger partial charge on any atom is -0.467 e. The summed E-state index contributed by atoms with van der Waals surface area (Å²) in [7, 11) is 3.15. The average Bonchev–Trinajstić information content (AvgIpc) is 3.21. The second-order valence-electron chi connectivity index (χ2n) is 7.90. The Kier molecular flexibility index (Phi) is 5.01. The summed E-state index contributed by atoms with van der Waals surface area (Å²) in [5.41, 5.74) is 9.78. The summed E-state index contributed by atoms with van der Waals surface area (Å²) < 4.78 is 34.8. The molecule has 8 nitrogen and oxygen atoms in total. The van der Waals surface area contributed by atoms with Gasteiger partial charge in [0.25, 0.3) is 0 Å². The SMILES string of the molecule is CNc1cc(F)c(F)c2c1[nH]c1ncc(-c3cnc(OC)nc3)c(N3CCCC(N)C3)c12. The van der Waals surface area contributed by atoms with Crippen LogP contribution in [0.1, 0.15) is 12.8 Å². The second-order valence-corrected chi connectivity index (χ2v) is 7.90. The Labute approximate surface area is 182 Å². The Morgan fingerprint density at radius 3 is 2.66 bits per heavy atom. The highest BCUT2D eigenvalue weighted by Crippen LogP contribution is 2.43. The number of H-pyrrole nitrogens is 1. The summed E-state index contributed by atoms with van der Waals surface area (Å²) in [4.78, 5) is 18.2. The Hall–Kier alpha value is -3.53. The van der Waals surface area contributed by atoms with E-state index < -0.39 is 11.6 Å². The van der Waals surface area contributed by atoms with Gasteiger partial charge in [0.05, 0.1) is 34.8 Å². The number of methoxy groups -OCH3 is 1. The lowest BCUT2D eigenvalue weighted by molar-refractivity contribution is 0.380. The van der Waals surface area contributed by atoms with Crippen LogP contribution in [0.5, 0.6) is 6.01 Å². The highest BCUT2D eigenvalue weighted by Gasteiger charge is 2.27. The fraction of sp³-hybridized carbons (Fsp3) is 0.318. The molecule has 0 bridgehead atoms. The third-order valence-electron chi connectivity index (χ3n) is 5.93. The zero-order valence-electron chi connectivity index (χ0n) is 17.7. The van der Waals surface area contributed by atoms with Gasteiger partial charge in [-0.3, -0.25) is 0 Å². The van der Waals surface area contributed by atoms with Crippen LogP contribution >= 0.6 is 0 Å². The van der Waals surface area contributed by atoms with Crippen molar-refractivity contribution in [2.45, 2.75) is 18.9 Å². The van der Waals surface area contributed by atoms with E-state index in [-0.39, 0.29) is 17.4 Å². The number of piperidine rings is 1. The van der Waals surface area contributed by atoms with Crippen LogP contribution in [0.15, 0.2) is 24.7 Å². The molecule has 0 spiro atoms. The molecule has 10 heteroatoms. The van der Waals surface area contributed by atoms with Crippen molar-refractivity contribution in [1.82, 2.24) is 19.9 Å². The van der Waals surface area contributed by atoms with E-state index in [0.29, 0.717) is 39.9 Å². The van der Waals surface area contributed by atoms with Gasteiger partial charge in [0.15, 0.2) is 11.6 Å². The Bertz CT molecular complexity index is 1310. The van der Waals surface area contributed by atoms with Crippen LogP contribution in [0, 0.1) is 11.6 Å². The molecule has 3 aromatic heterocycles. The summed E-state index contributed by atoms with van der Waals surface area (Å²) in [6.45, 7) is 1.32. The van der Waals surface area contributed by atoms with Crippen molar-refractivity contribution in [3.63, 3.8) is 0 Å². The van der Waals surface area contributed by atoms with E-state index in [1.165, 1.54) is 7.11 Å². The van der Waals surface area contributed by atoms with Gasteiger partial charge >= 0.3 is 6.01 Å². The van der Waals surface area contributed by atoms with Crippen LogP contribution in [-0.4, -0.2) is 53.2 Å². The second kappa shape index (κ2) is 7.86. The average molecular weight is 439 g/mol. The Morgan fingerprint density at radius 1 is 1.19 bits per heavy atom. The number of fused-ring (bicyclic) bond motifs is 3. The van der Waals surface area contributed by atoms with Crippen LogP contribution in [0.4, 0.5) is 20.2 Å². The standard InChI is InChI=1S/C22H23F2N7O/c1-26-15-6-14(23)18(24)16-17-20(31-5-3-4-12(25)10-31)13(9-27-21(17)30-19(15)16)11-7-28-22(32-2)29-8-11/h6-9,12,26H,3-5,10,25H2,1-2H3,(H,27,30). The minimum absolute atomic E-state index is 0.0217. The highest BCUT2D eigenvalue weighted by molar-refractivity contribution is 6.18. The van der Waals surface area contributed by atoms with Gasteiger partial charge in [-0.15, -0.1) is 0 Å². The Morgan fingerprint density at radius 2 is 1.97 bits per heavy atom. The first-order valence-electron chi connectivity index (χ1n) is 10.4. The lowest BCUT2D eigenvalue weighted by Crippen LogP contribution is -2.43. The van der Waals surface area contributed by atoms with Crippen molar-refractivity contribution in [3.05, 3.63) is 36.3 Å². The first kappa shape index (κ1) is 20.4. The molecule has 1 aliphatic heterocycles. The molecule has 0 aliphatic carbocycles. The fourth-order valence-electron chi connectivity index (χ4n) is 4.45. The number of nitrogens with zero attached hydrogens (tertiary/aromatic N) is 4. The smallest absolute Gasteiger partial charge is 0.316 e. The molecule has 1 unspecified atom stereocenters. The number of pyridine rings is 1. The normalized spacial score (nSPS) is 16.7. The molecule has 1 fully saturated rings. The number of aromatic nitrogens is 4. The van der Waals surface area contributed by atoms with E-state index in [1.807, 2.05) is 0 Å². The molecular weight excluding hydrogens is 416 g/mol. The maximum Gasteiger partial charge on any atom is 0.316 e. The summed E-state index contributed by atoms with van der Waals surface area (Å²) in [5.74, 6) is -1.85. The van der Waals surface area contributed by atoms with Crippen LogP contribution < -0.4 is 20.7 Å².